The molecule has 0 radical (unpaired) electrons. The molecule has 1 saturated heterocycles. The fraction of sp³-hybridized carbons (Fsp3) is 0.353. The van der Waals surface area contributed by atoms with Gasteiger partial charge < -0.3 is 4.90 Å². The largest absolute Gasteiger partial charge is 0.346 e. The Morgan fingerprint density at radius 1 is 1.33 bits per heavy atom. The highest BCUT2D eigenvalue weighted by atomic mass is 35.5. The van der Waals surface area contributed by atoms with Crippen LogP contribution in [-0.2, 0) is 4.79 Å². The zero-order valence-electron chi connectivity index (χ0n) is 13.2. The Morgan fingerprint density at radius 2 is 2.04 bits per heavy atom. The van der Waals surface area contributed by atoms with Crippen LogP contribution in [0.1, 0.15) is 12.0 Å². The molecule has 0 aromatic heterocycles. The lowest BCUT2D eigenvalue weighted by atomic mass is 10.2. The maximum absolute atomic E-state index is 12.0. The van der Waals surface area contributed by atoms with E-state index in [4.69, 9.17) is 29.1 Å². The van der Waals surface area contributed by atoms with E-state index in [2.05, 4.69) is 16.3 Å². The second-order valence-electron chi connectivity index (χ2n) is 5.39. The summed E-state index contributed by atoms with van der Waals surface area (Å²) in [6, 6.07) is 9.46. The van der Waals surface area contributed by atoms with Crippen molar-refractivity contribution in [2.45, 2.75) is 6.42 Å². The molecule has 5 nitrogen and oxygen atoms in total. The van der Waals surface area contributed by atoms with Crippen LogP contribution < -0.4 is 5.32 Å². The maximum atomic E-state index is 12.0. The lowest BCUT2D eigenvalue weighted by molar-refractivity contribution is -0.115. The molecule has 1 aliphatic rings. The first-order valence-corrected chi connectivity index (χ1v) is 8.50. The number of benzene rings is 1. The van der Waals surface area contributed by atoms with Crippen LogP contribution in [0.3, 0.4) is 0 Å². The maximum Gasteiger partial charge on any atom is 0.250 e. The Balaban J connectivity index is 1.79. The van der Waals surface area contributed by atoms with Crippen LogP contribution in [0, 0.1) is 11.3 Å². The fourth-order valence-corrected chi connectivity index (χ4v) is 2.87. The Labute approximate surface area is 152 Å². The molecular weight excluding hydrogens is 344 g/mol. The fourth-order valence-electron chi connectivity index (χ4n) is 2.38. The van der Waals surface area contributed by atoms with Gasteiger partial charge in [-0.15, -0.1) is 0 Å². The van der Waals surface area contributed by atoms with Gasteiger partial charge in [-0.05, 0) is 29.9 Å². The van der Waals surface area contributed by atoms with Crippen molar-refractivity contribution < 1.29 is 4.79 Å². The van der Waals surface area contributed by atoms with E-state index < -0.39 is 0 Å². The summed E-state index contributed by atoms with van der Waals surface area (Å²) in [5.74, 6) is -0.271. The van der Waals surface area contributed by atoms with E-state index in [-0.39, 0.29) is 5.91 Å². The average Bonchev–Trinajstić information content (AvgIpc) is 2.59. The van der Waals surface area contributed by atoms with Gasteiger partial charge in [-0.2, -0.15) is 5.26 Å². The van der Waals surface area contributed by atoms with Crippen LogP contribution in [0.4, 0.5) is 0 Å². The monoisotopic (exact) mass is 362 g/mol. The van der Waals surface area contributed by atoms with Gasteiger partial charge in [0.25, 0.3) is 0 Å². The molecule has 0 atom stereocenters. The number of nitrogens with zero attached hydrogens (tertiary/aromatic N) is 3. The van der Waals surface area contributed by atoms with E-state index in [9.17, 15) is 4.79 Å². The van der Waals surface area contributed by atoms with Crippen LogP contribution in [0.15, 0.2) is 30.3 Å². The highest BCUT2D eigenvalue weighted by Gasteiger charge is 2.19. The summed E-state index contributed by atoms with van der Waals surface area (Å²) in [4.78, 5) is 16.2. The number of halogens is 1. The van der Waals surface area contributed by atoms with E-state index >= 15 is 0 Å². The summed E-state index contributed by atoms with van der Waals surface area (Å²) >= 11 is 11.3. The number of nitrogens with one attached hydrogen (secondary N) is 1. The third-order valence-corrected chi connectivity index (χ3v) is 4.45. The predicted octanol–water partition coefficient (Wildman–Crippen LogP) is 2.29. The van der Waals surface area contributed by atoms with Gasteiger partial charge in [-0.25, -0.2) is 0 Å². The Morgan fingerprint density at radius 3 is 2.71 bits per heavy atom. The van der Waals surface area contributed by atoms with Crippen molar-refractivity contribution in [2.75, 3.05) is 32.7 Å². The van der Waals surface area contributed by atoms with Crippen molar-refractivity contribution in [3.05, 3.63) is 40.9 Å². The lowest BCUT2D eigenvalue weighted by Gasteiger charge is -2.35. The molecule has 1 aromatic carbocycles. The molecule has 0 spiro atoms. The molecule has 1 fully saturated rings. The number of thiocarbonyl (C=S) groups is 1. The Bertz CT molecular complexity index is 663. The minimum atomic E-state index is -0.271. The molecule has 0 bridgehead atoms. The third kappa shape index (κ3) is 5.60. The topological polar surface area (TPSA) is 59.4 Å². The van der Waals surface area contributed by atoms with Gasteiger partial charge in [0.15, 0.2) is 5.11 Å². The molecule has 24 heavy (non-hydrogen) atoms. The van der Waals surface area contributed by atoms with Crippen molar-refractivity contribution in [3.8, 4) is 6.07 Å². The highest BCUT2D eigenvalue weighted by Crippen LogP contribution is 2.16. The van der Waals surface area contributed by atoms with Crippen LogP contribution in [0.25, 0.3) is 6.08 Å². The van der Waals surface area contributed by atoms with Crippen LogP contribution in [0.5, 0.6) is 0 Å². The molecule has 0 unspecified atom stereocenters. The second kappa shape index (κ2) is 9.38. The number of carbonyl (C=O) groups excluding carboxylic acids is 1. The molecule has 1 heterocycles. The van der Waals surface area contributed by atoms with Crippen molar-refractivity contribution in [1.82, 2.24) is 15.1 Å². The van der Waals surface area contributed by atoms with Gasteiger partial charge in [0.2, 0.25) is 5.91 Å². The molecule has 1 aromatic rings. The Hall–Kier alpha value is -1.94. The van der Waals surface area contributed by atoms with Crippen LogP contribution >= 0.6 is 23.8 Å². The first kappa shape index (κ1) is 18.4. The number of hydrogen-bond donors (Lipinski definition) is 1. The summed E-state index contributed by atoms with van der Waals surface area (Å²) in [7, 11) is 0. The van der Waals surface area contributed by atoms with E-state index in [0.717, 1.165) is 38.3 Å². The minimum Gasteiger partial charge on any atom is -0.346 e. The second-order valence-corrected chi connectivity index (χ2v) is 6.18. The number of rotatable bonds is 4. The predicted molar refractivity (Wildman–Crippen MR) is 99.5 cm³/mol. The molecule has 1 aliphatic heterocycles. The third-order valence-electron chi connectivity index (χ3n) is 3.75. The van der Waals surface area contributed by atoms with E-state index in [1.807, 2.05) is 23.1 Å². The molecule has 126 valence electrons. The first-order chi connectivity index (χ1) is 11.6. The number of carbonyl (C=O) groups is 1. The first-order valence-electron chi connectivity index (χ1n) is 7.72. The number of hydrogen-bond acceptors (Lipinski definition) is 4. The number of nitriles is 1. The summed E-state index contributed by atoms with van der Waals surface area (Å²) in [5, 5.41) is 12.4. The minimum absolute atomic E-state index is 0.271. The van der Waals surface area contributed by atoms with Gasteiger partial charge >= 0.3 is 0 Å². The van der Waals surface area contributed by atoms with E-state index in [0.29, 0.717) is 16.6 Å². The molecule has 1 amide bonds. The number of amides is 1. The Kier molecular flexibility index (Phi) is 7.19. The molecule has 2 rings (SSSR count). The smallest absolute Gasteiger partial charge is 0.250 e. The summed E-state index contributed by atoms with van der Waals surface area (Å²) < 4.78 is 0. The lowest BCUT2D eigenvalue weighted by Crippen LogP contribution is -2.52. The number of piperazine rings is 1. The quantitative estimate of drug-likeness (QED) is 0.657. The summed E-state index contributed by atoms with van der Waals surface area (Å²) in [5.41, 5.74) is 0.784. The average molecular weight is 363 g/mol. The van der Waals surface area contributed by atoms with Gasteiger partial charge in [0.1, 0.15) is 0 Å². The van der Waals surface area contributed by atoms with Gasteiger partial charge in [-0.1, -0.05) is 29.8 Å². The normalized spacial score (nSPS) is 15.2. The summed E-state index contributed by atoms with van der Waals surface area (Å²) in [6.07, 6.45) is 3.63. The summed E-state index contributed by atoms with van der Waals surface area (Å²) in [6.45, 7) is 3.96. The molecule has 0 aliphatic carbocycles. The highest BCUT2D eigenvalue weighted by molar-refractivity contribution is 7.80. The van der Waals surface area contributed by atoms with Gasteiger partial charge in [-0.3, -0.25) is 15.0 Å². The van der Waals surface area contributed by atoms with Crippen molar-refractivity contribution >= 4 is 40.9 Å². The van der Waals surface area contributed by atoms with Crippen molar-refractivity contribution in [3.63, 3.8) is 0 Å². The van der Waals surface area contributed by atoms with Crippen LogP contribution in [-0.4, -0.2) is 53.5 Å². The zero-order chi connectivity index (χ0) is 17.4. The standard InChI is InChI=1S/C17H19ClN4OS/c18-15-5-2-1-4-14(15)6-7-16(23)20-17(24)22-12-10-21(11-13-22)9-3-8-19/h1-2,4-7H,3,9-13H2,(H,20,23,24)/b7-6+. The van der Waals surface area contributed by atoms with Crippen molar-refractivity contribution in [1.29, 1.82) is 5.26 Å². The van der Waals surface area contributed by atoms with Gasteiger partial charge in [0.05, 0.1) is 6.07 Å². The SMILES string of the molecule is N#CCCN1CCN(C(=S)NC(=O)/C=C/c2ccccc2Cl)CC1. The zero-order valence-corrected chi connectivity index (χ0v) is 14.8. The molecular formula is C17H19ClN4OS. The van der Waals surface area contributed by atoms with Crippen molar-refractivity contribution in [2.24, 2.45) is 0 Å². The van der Waals surface area contributed by atoms with E-state index in [1.54, 1.807) is 12.1 Å². The van der Waals surface area contributed by atoms with E-state index in [1.165, 1.54) is 6.08 Å². The molecule has 7 heteroatoms. The van der Waals surface area contributed by atoms with Gasteiger partial charge in [0, 0.05) is 50.2 Å². The molecule has 1 N–H and O–H groups in total. The van der Waals surface area contributed by atoms with Crippen LogP contribution in [0.2, 0.25) is 5.02 Å². The molecule has 0 saturated carbocycles.